The Morgan fingerprint density at radius 1 is 1.43 bits per heavy atom. The lowest BCUT2D eigenvalue weighted by Crippen LogP contribution is -2.08. The molecule has 0 unspecified atom stereocenters. The molecule has 23 heavy (non-hydrogen) atoms. The fourth-order valence-corrected chi connectivity index (χ4v) is 2.73. The number of carboxylic acid groups (broad SMARTS) is 1. The molecule has 118 valence electrons. The average Bonchev–Trinajstić information content (AvgIpc) is 2.86. The van der Waals surface area contributed by atoms with Gasteiger partial charge in [-0.05, 0) is 30.2 Å². The first-order valence-corrected chi connectivity index (χ1v) is 7.45. The molecule has 0 aliphatic carbocycles. The van der Waals surface area contributed by atoms with Gasteiger partial charge in [-0.15, -0.1) is 0 Å². The molecular weight excluding hydrogens is 316 g/mol. The van der Waals surface area contributed by atoms with Gasteiger partial charge in [0.05, 0.1) is 10.6 Å². The van der Waals surface area contributed by atoms with Crippen LogP contribution in [0.2, 0.25) is 5.02 Å². The Kier molecular flexibility index (Phi) is 4.16. The van der Waals surface area contributed by atoms with Gasteiger partial charge in [0, 0.05) is 37.6 Å². The summed E-state index contributed by atoms with van der Waals surface area (Å²) in [7, 11) is 1.97. The molecule has 3 rings (SSSR count). The summed E-state index contributed by atoms with van der Waals surface area (Å²) in [6.45, 7) is 0.632. The standard InChI is InChI=1S/C16H15ClN4O2/c1-21-9-10(12-3-2-5-19-15(12)21)4-6-18-14-13(17)7-11(8-20-14)16(22)23/h2-3,5,7-9H,4,6H2,1H3,(H,18,20)(H,22,23). The van der Waals surface area contributed by atoms with Gasteiger partial charge in [-0.3, -0.25) is 0 Å². The molecule has 7 heteroatoms. The van der Waals surface area contributed by atoms with Crippen molar-refractivity contribution in [3.8, 4) is 0 Å². The van der Waals surface area contributed by atoms with Gasteiger partial charge in [0.15, 0.2) is 0 Å². The lowest BCUT2D eigenvalue weighted by molar-refractivity contribution is 0.0696. The number of rotatable bonds is 5. The minimum atomic E-state index is -1.05. The Labute approximate surface area is 137 Å². The average molecular weight is 331 g/mol. The van der Waals surface area contributed by atoms with E-state index in [1.807, 2.05) is 23.7 Å². The van der Waals surface area contributed by atoms with E-state index in [2.05, 4.69) is 21.5 Å². The molecule has 0 aromatic carbocycles. The van der Waals surface area contributed by atoms with Crippen LogP contribution in [0.4, 0.5) is 5.82 Å². The molecule has 0 aliphatic rings. The van der Waals surface area contributed by atoms with Gasteiger partial charge in [-0.2, -0.15) is 0 Å². The van der Waals surface area contributed by atoms with Crippen molar-refractivity contribution in [3.63, 3.8) is 0 Å². The predicted octanol–water partition coefficient (Wildman–Crippen LogP) is 2.97. The van der Waals surface area contributed by atoms with Crippen molar-refractivity contribution < 1.29 is 9.90 Å². The van der Waals surface area contributed by atoms with E-state index in [9.17, 15) is 4.79 Å². The second-order valence-corrected chi connectivity index (χ2v) is 5.58. The van der Waals surface area contributed by atoms with Gasteiger partial charge in [-0.1, -0.05) is 11.6 Å². The summed E-state index contributed by atoms with van der Waals surface area (Å²) < 4.78 is 2.00. The van der Waals surface area contributed by atoms with Crippen molar-refractivity contribution in [2.24, 2.45) is 7.05 Å². The van der Waals surface area contributed by atoms with Crippen molar-refractivity contribution in [2.75, 3.05) is 11.9 Å². The van der Waals surface area contributed by atoms with Crippen LogP contribution in [0.3, 0.4) is 0 Å². The number of nitrogens with zero attached hydrogens (tertiary/aromatic N) is 3. The zero-order chi connectivity index (χ0) is 16.4. The Balaban J connectivity index is 1.71. The van der Waals surface area contributed by atoms with E-state index >= 15 is 0 Å². The minimum Gasteiger partial charge on any atom is -0.478 e. The lowest BCUT2D eigenvalue weighted by Gasteiger charge is -2.07. The molecule has 0 saturated heterocycles. The Morgan fingerprint density at radius 2 is 2.26 bits per heavy atom. The third-order valence-electron chi connectivity index (χ3n) is 3.59. The molecule has 0 saturated carbocycles. The Morgan fingerprint density at radius 3 is 3.00 bits per heavy atom. The second kappa shape index (κ2) is 6.26. The highest BCUT2D eigenvalue weighted by Crippen LogP contribution is 2.21. The molecule has 0 spiro atoms. The van der Waals surface area contributed by atoms with Crippen LogP contribution in [0.25, 0.3) is 11.0 Å². The number of aromatic carboxylic acids is 1. The highest BCUT2D eigenvalue weighted by molar-refractivity contribution is 6.33. The summed E-state index contributed by atoms with van der Waals surface area (Å²) in [4.78, 5) is 19.3. The molecule has 3 aromatic heterocycles. The fourth-order valence-electron chi connectivity index (χ4n) is 2.49. The van der Waals surface area contributed by atoms with E-state index in [4.69, 9.17) is 16.7 Å². The van der Waals surface area contributed by atoms with Crippen LogP contribution < -0.4 is 5.32 Å². The lowest BCUT2D eigenvalue weighted by atomic mass is 10.1. The van der Waals surface area contributed by atoms with Gasteiger partial charge in [0.1, 0.15) is 11.5 Å². The topological polar surface area (TPSA) is 80.0 Å². The number of halogens is 1. The van der Waals surface area contributed by atoms with Gasteiger partial charge in [0.2, 0.25) is 0 Å². The molecule has 0 aliphatic heterocycles. The highest BCUT2D eigenvalue weighted by atomic mass is 35.5. The van der Waals surface area contributed by atoms with E-state index in [1.165, 1.54) is 17.8 Å². The van der Waals surface area contributed by atoms with E-state index in [-0.39, 0.29) is 5.56 Å². The van der Waals surface area contributed by atoms with Gasteiger partial charge in [-0.25, -0.2) is 14.8 Å². The number of pyridine rings is 2. The molecule has 0 bridgehead atoms. The number of fused-ring (bicyclic) bond motifs is 1. The Bertz CT molecular complexity index is 876. The molecular formula is C16H15ClN4O2. The first kappa shape index (κ1) is 15.3. The number of nitrogens with one attached hydrogen (secondary N) is 1. The maximum Gasteiger partial charge on any atom is 0.337 e. The quantitative estimate of drug-likeness (QED) is 0.751. The van der Waals surface area contributed by atoms with Crippen LogP contribution in [-0.2, 0) is 13.5 Å². The normalized spacial score (nSPS) is 10.9. The molecule has 6 nitrogen and oxygen atoms in total. The van der Waals surface area contributed by atoms with E-state index in [0.29, 0.717) is 17.4 Å². The van der Waals surface area contributed by atoms with E-state index in [1.54, 1.807) is 6.20 Å². The summed E-state index contributed by atoms with van der Waals surface area (Å²) in [6, 6.07) is 5.36. The highest BCUT2D eigenvalue weighted by Gasteiger charge is 2.10. The maximum atomic E-state index is 10.9. The first-order valence-electron chi connectivity index (χ1n) is 7.08. The third kappa shape index (κ3) is 3.12. The number of hydrogen-bond donors (Lipinski definition) is 2. The summed E-state index contributed by atoms with van der Waals surface area (Å²) in [5.74, 6) is -0.566. The van der Waals surface area contributed by atoms with Crippen molar-refractivity contribution >= 4 is 34.4 Å². The van der Waals surface area contributed by atoms with Gasteiger partial charge in [0.25, 0.3) is 0 Å². The summed E-state index contributed by atoms with van der Waals surface area (Å²) in [6.07, 6.45) is 5.90. The number of anilines is 1. The number of carboxylic acids is 1. The SMILES string of the molecule is Cn1cc(CCNc2ncc(C(=O)O)cc2Cl)c2cccnc21. The largest absolute Gasteiger partial charge is 0.478 e. The van der Waals surface area contributed by atoms with Crippen molar-refractivity contribution in [1.82, 2.24) is 14.5 Å². The Hall–Kier alpha value is -2.60. The summed E-state index contributed by atoms with van der Waals surface area (Å²) in [5.41, 5.74) is 2.20. The van der Waals surface area contributed by atoms with E-state index < -0.39 is 5.97 Å². The number of hydrogen-bond acceptors (Lipinski definition) is 4. The zero-order valence-electron chi connectivity index (χ0n) is 12.5. The van der Waals surface area contributed by atoms with Crippen LogP contribution in [-0.4, -0.2) is 32.2 Å². The molecule has 0 radical (unpaired) electrons. The molecule has 0 fully saturated rings. The summed E-state index contributed by atoms with van der Waals surface area (Å²) >= 11 is 6.05. The summed E-state index contributed by atoms with van der Waals surface area (Å²) in [5, 5.41) is 13.5. The van der Waals surface area contributed by atoms with Crippen molar-refractivity contribution in [3.05, 3.63) is 52.9 Å². The van der Waals surface area contributed by atoms with E-state index in [0.717, 1.165) is 17.5 Å². The van der Waals surface area contributed by atoms with Crippen LogP contribution in [0.1, 0.15) is 15.9 Å². The molecule has 3 heterocycles. The van der Waals surface area contributed by atoms with Gasteiger partial charge < -0.3 is 15.0 Å². The first-order chi connectivity index (χ1) is 11.1. The predicted molar refractivity (Wildman–Crippen MR) is 89.1 cm³/mol. The number of carbonyl (C=O) groups is 1. The monoisotopic (exact) mass is 330 g/mol. The number of aryl methyl sites for hydroxylation is 1. The minimum absolute atomic E-state index is 0.0701. The van der Waals surface area contributed by atoms with Crippen LogP contribution in [0, 0.1) is 0 Å². The molecule has 0 amide bonds. The van der Waals surface area contributed by atoms with Crippen LogP contribution in [0.5, 0.6) is 0 Å². The second-order valence-electron chi connectivity index (χ2n) is 5.18. The number of aromatic nitrogens is 3. The molecule has 0 atom stereocenters. The fraction of sp³-hybridized carbons (Fsp3) is 0.188. The van der Waals surface area contributed by atoms with Gasteiger partial charge >= 0.3 is 5.97 Å². The smallest absolute Gasteiger partial charge is 0.337 e. The van der Waals surface area contributed by atoms with Crippen LogP contribution in [0.15, 0.2) is 36.8 Å². The third-order valence-corrected chi connectivity index (χ3v) is 3.88. The van der Waals surface area contributed by atoms with Crippen molar-refractivity contribution in [1.29, 1.82) is 0 Å². The van der Waals surface area contributed by atoms with Crippen molar-refractivity contribution in [2.45, 2.75) is 6.42 Å². The molecule has 3 aromatic rings. The zero-order valence-corrected chi connectivity index (χ0v) is 13.2. The molecule has 2 N–H and O–H groups in total. The van der Waals surface area contributed by atoms with Crippen LogP contribution >= 0.6 is 11.6 Å². The maximum absolute atomic E-state index is 10.9.